The molecule has 0 spiro atoms. The van der Waals surface area contributed by atoms with Gasteiger partial charge in [0.1, 0.15) is 6.61 Å². The topological polar surface area (TPSA) is 73.6 Å². The third-order valence-corrected chi connectivity index (χ3v) is 3.26. The number of anilines is 1. The first-order valence-corrected chi connectivity index (χ1v) is 6.74. The van der Waals surface area contributed by atoms with Crippen LogP contribution in [0.1, 0.15) is 5.56 Å². The maximum Gasteiger partial charge on any atom is 0.269 e. The molecule has 0 bridgehead atoms. The molecule has 2 aromatic rings. The van der Waals surface area contributed by atoms with Gasteiger partial charge in [-0.15, -0.1) is 0 Å². The summed E-state index contributed by atoms with van der Waals surface area (Å²) in [6.45, 7) is 0.675. The fourth-order valence-corrected chi connectivity index (χ4v) is 2.10. The summed E-state index contributed by atoms with van der Waals surface area (Å²) in [5.74, 6) is 1.02. The molecule has 0 aliphatic carbocycles. The number of carbonyl (C=O) groups excluding carboxylic acids is 1. The Morgan fingerprint density at radius 1 is 1.14 bits per heavy atom. The van der Waals surface area contributed by atoms with E-state index in [-0.39, 0.29) is 12.5 Å². The quantitative estimate of drug-likeness (QED) is 0.903. The van der Waals surface area contributed by atoms with E-state index in [1.54, 1.807) is 6.07 Å². The number of rotatable bonds is 3. The molecule has 21 heavy (non-hydrogen) atoms. The summed E-state index contributed by atoms with van der Waals surface area (Å²) in [5.41, 5.74) is 7.26. The molecule has 1 aliphatic heterocycles. The van der Waals surface area contributed by atoms with Crippen LogP contribution in [-0.2, 0) is 11.3 Å². The van der Waals surface area contributed by atoms with Crippen molar-refractivity contribution < 1.29 is 14.3 Å². The minimum Gasteiger partial charge on any atom is -0.485 e. The van der Waals surface area contributed by atoms with Crippen molar-refractivity contribution in [3.63, 3.8) is 0 Å². The van der Waals surface area contributed by atoms with Crippen molar-refractivity contribution >= 4 is 11.6 Å². The number of para-hydroxylation sites is 2. The van der Waals surface area contributed by atoms with Crippen molar-refractivity contribution in [3.8, 4) is 11.5 Å². The van der Waals surface area contributed by atoms with Crippen molar-refractivity contribution in [2.45, 2.75) is 12.6 Å². The third-order valence-electron chi connectivity index (χ3n) is 3.26. The minimum absolute atomic E-state index is 0.198. The van der Waals surface area contributed by atoms with Gasteiger partial charge in [0.2, 0.25) is 6.10 Å². The first kappa shape index (κ1) is 13.5. The van der Waals surface area contributed by atoms with Crippen molar-refractivity contribution in [3.05, 3.63) is 54.1 Å². The molecule has 3 rings (SSSR count). The molecule has 0 fully saturated rings. The van der Waals surface area contributed by atoms with Gasteiger partial charge in [0.25, 0.3) is 5.91 Å². The number of nitrogens with two attached hydrogens (primary N) is 1. The maximum absolute atomic E-state index is 12.2. The molecule has 3 N–H and O–H groups in total. The number of nitrogens with one attached hydrogen (secondary N) is 1. The average molecular weight is 284 g/mol. The van der Waals surface area contributed by atoms with Gasteiger partial charge in [-0.1, -0.05) is 24.3 Å². The van der Waals surface area contributed by atoms with E-state index in [9.17, 15) is 4.79 Å². The van der Waals surface area contributed by atoms with Crippen LogP contribution >= 0.6 is 0 Å². The van der Waals surface area contributed by atoms with Crippen molar-refractivity contribution in [2.75, 3.05) is 11.9 Å². The molecule has 1 atom stereocenters. The molecule has 0 radical (unpaired) electrons. The predicted octanol–water partition coefficient (Wildman–Crippen LogP) is 1.92. The third kappa shape index (κ3) is 2.98. The molecule has 0 saturated heterocycles. The SMILES string of the molecule is NCc1ccc(NC(=O)C2COc3ccccc3O2)cc1. The lowest BCUT2D eigenvalue weighted by Gasteiger charge is -2.25. The number of hydrogen-bond donors (Lipinski definition) is 2. The highest BCUT2D eigenvalue weighted by atomic mass is 16.6. The first-order valence-electron chi connectivity index (χ1n) is 6.74. The van der Waals surface area contributed by atoms with Crippen molar-refractivity contribution in [2.24, 2.45) is 5.73 Å². The smallest absolute Gasteiger partial charge is 0.269 e. The summed E-state index contributed by atoms with van der Waals surface area (Å²) >= 11 is 0. The van der Waals surface area contributed by atoms with Crippen LogP contribution in [0.15, 0.2) is 48.5 Å². The zero-order valence-electron chi connectivity index (χ0n) is 11.4. The normalized spacial score (nSPS) is 16.3. The van der Waals surface area contributed by atoms with Crippen molar-refractivity contribution in [1.29, 1.82) is 0 Å². The fraction of sp³-hybridized carbons (Fsp3) is 0.188. The summed E-state index contributed by atoms with van der Waals surface area (Å²) in [7, 11) is 0. The zero-order valence-corrected chi connectivity index (χ0v) is 11.4. The van der Waals surface area contributed by atoms with E-state index in [4.69, 9.17) is 15.2 Å². The second kappa shape index (κ2) is 5.85. The summed E-state index contributed by atoms with van der Waals surface area (Å²) in [6, 6.07) is 14.7. The second-order valence-corrected chi connectivity index (χ2v) is 4.75. The van der Waals surface area contributed by atoms with E-state index in [0.29, 0.717) is 23.7 Å². The van der Waals surface area contributed by atoms with Crippen molar-refractivity contribution in [1.82, 2.24) is 0 Å². The molecule has 1 unspecified atom stereocenters. The van der Waals surface area contributed by atoms with E-state index in [1.165, 1.54) is 0 Å². The van der Waals surface area contributed by atoms with Crippen LogP contribution < -0.4 is 20.5 Å². The molecule has 0 saturated carbocycles. The van der Waals surface area contributed by atoms with E-state index >= 15 is 0 Å². The molecule has 2 aromatic carbocycles. The molecule has 5 heteroatoms. The van der Waals surface area contributed by atoms with E-state index < -0.39 is 6.10 Å². The Kier molecular flexibility index (Phi) is 3.75. The maximum atomic E-state index is 12.2. The standard InChI is InChI=1S/C16H16N2O3/c17-9-11-5-7-12(8-6-11)18-16(19)15-10-20-13-3-1-2-4-14(13)21-15/h1-8,15H,9-10,17H2,(H,18,19). The van der Waals surface area contributed by atoms with Gasteiger partial charge in [-0.25, -0.2) is 0 Å². The summed E-state index contributed by atoms with van der Waals surface area (Å²) < 4.78 is 11.2. The Balaban J connectivity index is 1.66. The van der Waals surface area contributed by atoms with Gasteiger partial charge in [0.05, 0.1) is 0 Å². The number of benzene rings is 2. The largest absolute Gasteiger partial charge is 0.485 e. The van der Waals surface area contributed by atoms with Crippen LogP contribution in [0.4, 0.5) is 5.69 Å². The Bertz CT molecular complexity index is 640. The van der Waals surface area contributed by atoms with Gasteiger partial charge in [0.15, 0.2) is 11.5 Å². The molecule has 0 aromatic heterocycles. The van der Waals surface area contributed by atoms with Gasteiger partial charge in [0, 0.05) is 12.2 Å². The van der Waals surface area contributed by atoms with Crippen LogP contribution in [0, 0.1) is 0 Å². The number of fused-ring (bicyclic) bond motifs is 1. The predicted molar refractivity (Wildman–Crippen MR) is 79.3 cm³/mol. The van der Waals surface area contributed by atoms with E-state index in [0.717, 1.165) is 5.56 Å². The Labute approximate surface area is 122 Å². The molecule has 1 heterocycles. The molecule has 1 aliphatic rings. The first-order chi connectivity index (χ1) is 10.3. The zero-order chi connectivity index (χ0) is 14.7. The van der Waals surface area contributed by atoms with Crippen LogP contribution in [0.3, 0.4) is 0 Å². The van der Waals surface area contributed by atoms with E-state index in [2.05, 4.69) is 5.32 Å². The van der Waals surface area contributed by atoms with E-state index in [1.807, 2.05) is 42.5 Å². The highest BCUT2D eigenvalue weighted by molar-refractivity contribution is 5.94. The Morgan fingerprint density at radius 3 is 2.57 bits per heavy atom. The average Bonchev–Trinajstić information content (AvgIpc) is 2.55. The Hall–Kier alpha value is -2.53. The lowest BCUT2D eigenvalue weighted by atomic mass is 10.2. The number of carbonyl (C=O) groups is 1. The van der Waals surface area contributed by atoms with Crippen LogP contribution in [0.25, 0.3) is 0 Å². The highest BCUT2D eigenvalue weighted by Crippen LogP contribution is 2.31. The number of hydrogen-bond acceptors (Lipinski definition) is 4. The summed E-state index contributed by atoms with van der Waals surface area (Å²) in [6.07, 6.45) is -0.658. The van der Waals surface area contributed by atoms with Gasteiger partial charge in [-0.05, 0) is 29.8 Å². The van der Waals surface area contributed by atoms with Crippen LogP contribution in [0.5, 0.6) is 11.5 Å². The van der Waals surface area contributed by atoms with Crippen LogP contribution in [-0.4, -0.2) is 18.6 Å². The van der Waals surface area contributed by atoms with Gasteiger partial charge in [-0.2, -0.15) is 0 Å². The Morgan fingerprint density at radius 2 is 1.86 bits per heavy atom. The molecule has 108 valence electrons. The fourth-order valence-electron chi connectivity index (χ4n) is 2.10. The lowest BCUT2D eigenvalue weighted by Crippen LogP contribution is -2.40. The minimum atomic E-state index is -0.658. The summed E-state index contributed by atoms with van der Waals surface area (Å²) in [5, 5.41) is 2.81. The summed E-state index contributed by atoms with van der Waals surface area (Å²) in [4.78, 5) is 12.2. The molecular formula is C16H16N2O3. The van der Waals surface area contributed by atoms with Gasteiger partial charge >= 0.3 is 0 Å². The van der Waals surface area contributed by atoms with Gasteiger partial charge in [-0.3, -0.25) is 4.79 Å². The molecule has 1 amide bonds. The van der Waals surface area contributed by atoms with Crippen LogP contribution in [0.2, 0.25) is 0 Å². The van der Waals surface area contributed by atoms with Gasteiger partial charge < -0.3 is 20.5 Å². The molecular weight excluding hydrogens is 268 g/mol. The number of amides is 1. The lowest BCUT2D eigenvalue weighted by molar-refractivity contribution is -0.125. The number of ether oxygens (including phenoxy) is 2. The molecule has 5 nitrogen and oxygen atoms in total. The monoisotopic (exact) mass is 284 g/mol. The second-order valence-electron chi connectivity index (χ2n) is 4.75. The highest BCUT2D eigenvalue weighted by Gasteiger charge is 2.27.